The van der Waals surface area contributed by atoms with E-state index in [1.807, 2.05) is 53.4 Å². The summed E-state index contributed by atoms with van der Waals surface area (Å²) in [4.78, 5) is 49.0. The summed E-state index contributed by atoms with van der Waals surface area (Å²) in [6.07, 6.45) is 2.60. The monoisotopic (exact) mass is 737 g/mol. The van der Waals surface area contributed by atoms with Crippen LogP contribution >= 0.6 is 0 Å². The zero-order valence-electron chi connectivity index (χ0n) is 31.1. The van der Waals surface area contributed by atoms with E-state index in [4.69, 9.17) is 9.47 Å². The molecule has 11 nitrogen and oxygen atoms in total. The summed E-state index contributed by atoms with van der Waals surface area (Å²) in [7, 11) is -0.814. The van der Waals surface area contributed by atoms with E-state index in [0.717, 1.165) is 43.1 Å². The highest BCUT2D eigenvalue weighted by molar-refractivity contribution is 6.91. The Kier molecular flexibility index (Phi) is 9.16. The van der Waals surface area contributed by atoms with Crippen LogP contribution in [0.4, 0.5) is 17.1 Å². The molecule has 0 radical (unpaired) electrons. The number of benzene rings is 3. The molecule has 3 N–H and O–H groups in total. The van der Waals surface area contributed by atoms with Crippen molar-refractivity contribution in [3.63, 3.8) is 0 Å². The third-order valence-corrected chi connectivity index (χ3v) is 17.5. The van der Waals surface area contributed by atoms with Gasteiger partial charge in [-0.1, -0.05) is 55.5 Å². The normalized spacial score (nSPS) is 27.9. The first-order chi connectivity index (χ1) is 25.5. The standard InChI is InChI=1S/C41H51N5O6Si/c1-27-37(53(3,4)32-15-13-31(51-2)14-16-32)35(24-36(48)44-22-8-11-30(44)25-47)52-41(27)33-23-29(12-17-34(33)43-38(41)49)45-26-46(28-9-6-5-7-10-28)40(39(45)50)18-20-42-21-19-40/h5-7,9-10,12-17,23,27,30,35,37,42,47H,8,11,18-22,24-26H2,1-4H3,(H,43,49)/t27-,30+,35+,37-,41+/m1/s1. The molecule has 2 spiro atoms. The van der Waals surface area contributed by atoms with Crippen molar-refractivity contribution in [2.45, 2.75) is 80.9 Å². The molecule has 5 aliphatic heterocycles. The summed E-state index contributed by atoms with van der Waals surface area (Å²) in [6, 6.07) is 23.9. The van der Waals surface area contributed by atoms with Crippen LogP contribution in [-0.4, -0.2) is 93.5 Å². The maximum absolute atomic E-state index is 14.6. The van der Waals surface area contributed by atoms with E-state index in [1.54, 1.807) is 12.0 Å². The van der Waals surface area contributed by atoms with Gasteiger partial charge in [-0.25, -0.2) is 0 Å². The summed E-state index contributed by atoms with van der Waals surface area (Å²) in [5, 5.41) is 17.8. The number of anilines is 3. The molecule has 0 saturated carbocycles. The predicted molar refractivity (Wildman–Crippen MR) is 207 cm³/mol. The lowest BCUT2D eigenvalue weighted by atomic mass is 9.82. The van der Waals surface area contributed by atoms with E-state index < -0.39 is 25.3 Å². The number of aliphatic hydroxyl groups excluding tert-OH is 1. The van der Waals surface area contributed by atoms with Crippen molar-refractivity contribution in [2.24, 2.45) is 5.92 Å². The molecule has 0 aliphatic carbocycles. The van der Waals surface area contributed by atoms with Crippen LogP contribution in [0.5, 0.6) is 5.75 Å². The molecule has 280 valence electrons. The fraction of sp³-hybridized carbons (Fsp3) is 0.488. The minimum Gasteiger partial charge on any atom is -0.497 e. The van der Waals surface area contributed by atoms with E-state index in [9.17, 15) is 19.5 Å². The number of amides is 3. The maximum atomic E-state index is 14.6. The number of piperidine rings is 1. The molecule has 5 heterocycles. The van der Waals surface area contributed by atoms with E-state index in [1.165, 1.54) is 5.19 Å². The molecule has 0 aromatic heterocycles. The number of carbonyl (C=O) groups excluding carboxylic acids is 3. The van der Waals surface area contributed by atoms with Gasteiger partial charge in [0.15, 0.2) is 5.60 Å². The van der Waals surface area contributed by atoms with Gasteiger partial charge >= 0.3 is 0 Å². The number of rotatable bonds is 8. The highest BCUT2D eigenvalue weighted by Crippen LogP contribution is 2.59. The van der Waals surface area contributed by atoms with Crippen LogP contribution in [0.2, 0.25) is 18.6 Å². The highest BCUT2D eigenvalue weighted by Gasteiger charge is 2.65. The number of aliphatic hydroxyl groups is 1. The van der Waals surface area contributed by atoms with Gasteiger partial charge in [0.25, 0.3) is 11.8 Å². The molecule has 12 heteroatoms. The number of nitrogens with zero attached hydrogens (tertiary/aromatic N) is 3. The van der Waals surface area contributed by atoms with Crippen molar-refractivity contribution in [2.75, 3.05) is 55.1 Å². The molecule has 5 atom stereocenters. The van der Waals surface area contributed by atoms with Crippen molar-refractivity contribution < 1.29 is 29.0 Å². The van der Waals surface area contributed by atoms with E-state index in [-0.39, 0.29) is 48.3 Å². The van der Waals surface area contributed by atoms with Crippen molar-refractivity contribution in [1.82, 2.24) is 10.2 Å². The Morgan fingerprint density at radius 2 is 1.75 bits per heavy atom. The number of fused-ring (bicyclic) bond motifs is 2. The summed E-state index contributed by atoms with van der Waals surface area (Å²) < 4.78 is 12.6. The minimum atomic E-state index is -2.47. The van der Waals surface area contributed by atoms with E-state index >= 15 is 0 Å². The van der Waals surface area contributed by atoms with Gasteiger partial charge in [-0.3, -0.25) is 19.3 Å². The maximum Gasteiger partial charge on any atom is 0.261 e. The fourth-order valence-corrected chi connectivity index (χ4v) is 14.3. The summed E-state index contributed by atoms with van der Waals surface area (Å²) >= 11 is 0. The second-order valence-corrected chi connectivity index (χ2v) is 20.7. The molecule has 8 rings (SSSR count). The Morgan fingerprint density at radius 1 is 1.02 bits per heavy atom. The molecule has 4 fully saturated rings. The second-order valence-electron chi connectivity index (χ2n) is 16.0. The van der Waals surface area contributed by atoms with Gasteiger partial charge in [0, 0.05) is 35.1 Å². The van der Waals surface area contributed by atoms with Gasteiger partial charge in [0.05, 0.1) is 47.0 Å². The van der Waals surface area contributed by atoms with Crippen molar-refractivity contribution in [1.29, 1.82) is 0 Å². The average Bonchev–Trinajstić information content (AvgIpc) is 3.92. The van der Waals surface area contributed by atoms with Gasteiger partial charge in [-0.05, 0) is 86.8 Å². The lowest BCUT2D eigenvalue weighted by Crippen LogP contribution is -2.55. The summed E-state index contributed by atoms with van der Waals surface area (Å²) in [5.74, 6) is 0.251. The lowest BCUT2D eigenvalue weighted by molar-refractivity contribution is -0.148. The third kappa shape index (κ3) is 5.59. The molecule has 4 saturated heterocycles. The van der Waals surface area contributed by atoms with Crippen LogP contribution in [0.25, 0.3) is 0 Å². The first-order valence-electron chi connectivity index (χ1n) is 19.1. The molecule has 0 unspecified atom stereocenters. The van der Waals surface area contributed by atoms with Crippen LogP contribution in [0.15, 0.2) is 72.8 Å². The Morgan fingerprint density at radius 3 is 2.45 bits per heavy atom. The molecule has 53 heavy (non-hydrogen) atoms. The largest absolute Gasteiger partial charge is 0.497 e. The van der Waals surface area contributed by atoms with Gasteiger partial charge in [0.2, 0.25) is 5.91 Å². The SMILES string of the molecule is COc1ccc([Si](C)(C)[C@H]2[C@H](CC(=O)N3CCC[C@H]3CO)O[C@@]3(C(=O)Nc4ccc(N5CN(c6ccccc6)C6(CCNCC6)C5=O)cc43)[C@@H]2C)cc1. The molecule has 3 aromatic carbocycles. The number of ether oxygens (including phenoxy) is 2. The van der Waals surface area contributed by atoms with Crippen LogP contribution in [-0.2, 0) is 24.7 Å². The van der Waals surface area contributed by atoms with Crippen LogP contribution in [0, 0.1) is 5.92 Å². The molecule has 3 aromatic rings. The van der Waals surface area contributed by atoms with E-state index in [0.29, 0.717) is 37.3 Å². The smallest absolute Gasteiger partial charge is 0.261 e. The molecule has 0 bridgehead atoms. The Labute approximate surface area is 312 Å². The van der Waals surface area contributed by atoms with Gasteiger partial charge in [-0.15, -0.1) is 0 Å². The molecular formula is C41H51N5O6Si. The number of hydrogen-bond donors (Lipinski definition) is 3. The Hall–Kier alpha value is -4.23. The van der Waals surface area contributed by atoms with Gasteiger partial charge < -0.3 is 35.0 Å². The second kappa shape index (κ2) is 13.6. The first kappa shape index (κ1) is 35.8. The van der Waals surface area contributed by atoms with Crippen molar-refractivity contribution in [3.8, 4) is 5.75 Å². The molecular weight excluding hydrogens is 687 g/mol. The van der Waals surface area contributed by atoms with Crippen LogP contribution in [0.3, 0.4) is 0 Å². The zero-order valence-corrected chi connectivity index (χ0v) is 32.1. The third-order valence-electron chi connectivity index (χ3n) is 13.1. The van der Waals surface area contributed by atoms with Crippen LogP contribution in [0.1, 0.15) is 44.6 Å². The zero-order chi connectivity index (χ0) is 37.1. The average molecular weight is 738 g/mol. The first-order valence-corrected chi connectivity index (χ1v) is 22.2. The minimum absolute atomic E-state index is 0.0522. The fourth-order valence-electron chi connectivity index (χ4n) is 10.3. The Bertz CT molecular complexity index is 1880. The number of methoxy groups -OCH3 is 1. The quantitative estimate of drug-likeness (QED) is 0.295. The van der Waals surface area contributed by atoms with Crippen molar-refractivity contribution >= 4 is 48.0 Å². The highest BCUT2D eigenvalue weighted by atomic mass is 28.3. The van der Waals surface area contributed by atoms with Gasteiger partial charge in [0.1, 0.15) is 11.3 Å². The number of carbonyl (C=O) groups is 3. The molecule has 3 amide bonds. The van der Waals surface area contributed by atoms with Crippen LogP contribution < -0.4 is 30.4 Å². The summed E-state index contributed by atoms with van der Waals surface area (Å²) in [5.41, 5.74) is 0.983. The van der Waals surface area contributed by atoms with Gasteiger partial charge in [-0.2, -0.15) is 0 Å². The van der Waals surface area contributed by atoms with E-state index in [2.05, 4.69) is 59.8 Å². The summed E-state index contributed by atoms with van der Waals surface area (Å²) in [6.45, 7) is 9.14. The van der Waals surface area contributed by atoms with Crippen molar-refractivity contribution in [3.05, 3.63) is 78.4 Å². The Balaban J connectivity index is 1.19. The number of nitrogens with one attached hydrogen (secondary N) is 2. The number of para-hydroxylation sites is 1. The molecule has 5 aliphatic rings. The lowest BCUT2D eigenvalue weighted by Gasteiger charge is -2.39. The predicted octanol–water partition coefficient (Wildman–Crippen LogP) is 4.17. The number of hydrogen-bond acceptors (Lipinski definition) is 8. The topological polar surface area (TPSA) is 124 Å². The number of likely N-dealkylation sites (tertiary alicyclic amines) is 1.